The molecule has 4 heteroatoms. The third-order valence-electron chi connectivity index (χ3n) is 1.12. The second-order valence-electron chi connectivity index (χ2n) is 2.00. The molecule has 11 heavy (non-hydrogen) atoms. The van der Waals surface area contributed by atoms with Gasteiger partial charge >= 0.3 is 0 Å². The van der Waals surface area contributed by atoms with Gasteiger partial charge in [-0.05, 0) is 18.6 Å². The molecule has 0 bridgehead atoms. The Balaban J connectivity index is 4.02. The molecule has 0 radical (unpaired) electrons. The van der Waals surface area contributed by atoms with Gasteiger partial charge in [0.05, 0.1) is 6.21 Å². The van der Waals surface area contributed by atoms with Crippen molar-refractivity contribution in [1.82, 2.24) is 0 Å². The van der Waals surface area contributed by atoms with Crippen LogP contribution in [-0.4, -0.2) is 31.9 Å². The molecule has 0 fully saturated rings. The van der Waals surface area contributed by atoms with E-state index in [0.29, 0.717) is 0 Å². The Hall–Kier alpha value is -0.870. The smallest absolute Gasteiger partial charge is 0.176 e. The standard InChI is InChI=1S/C7H13NO3/c1-6(5-8-9)4-7(10-2)11-3/h4-5,7,9H,1-3H3/b6-4+,8-5+. The molecule has 0 aromatic carbocycles. The molecule has 0 aromatic heterocycles. The molecule has 0 rings (SSSR count). The zero-order valence-electron chi connectivity index (χ0n) is 6.94. The summed E-state index contributed by atoms with van der Waals surface area (Å²) in [7, 11) is 3.07. The zero-order chi connectivity index (χ0) is 8.69. The van der Waals surface area contributed by atoms with Crippen molar-refractivity contribution in [3.63, 3.8) is 0 Å². The summed E-state index contributed by atoms with van der Waals surface area (Å²) in [6.07, 6.45) is 2.62. The van der Waals surface area contributed by atoms with Crippen molar-refractivity contribution in [2.75, 3.05) is 14.2 Å². The van der Waals surface area contributed by atoms with Crippen LogP contribution in [-0.2, 0) is 9.47 Å². The van der Waals surface area contributed by atoms with E-state index in [1.807, 2.05) is 0 Å². The van der Waals surface area contributed by atoms with Crippen LogP contribution in [0.15, 0.2) is 16.8 Å². The molecular formula is C7H13NO3. The first-order valence-corrected chi connectivity index (χ1v) is 3.16. The topological polar surface area (TPSA) is 51.0 Å². The fourth-order valence-corrected chi connectivity index (χ4v) is 0.581. The summed E-state index contributed by atoms with van der Waals surface area (Å²) >= 11 is 0. The SMILES string of the molecule is COC(/C=C(C)/C=N/O)OC. The van der Waals surface area contributed by atoms with Gasteiger partial charge in [0.2, 0.25) is 0 Å². The van der Waals surface area contributed by atoms with Crippen LogP contribution in [0.3, 0.4) is 0 Å². The molecule has 0 aliphatic heterocycles. The van der Waals surface area contributed by atoms with Crippen molar-refractivity contribution in [3.05, 3.63) is 11.6 Å². The number of rotatable bonds is 4. The van der Waals surface area contributed by atoms with E-state index in [2.05, 4.69) is 5.16 Å². The van der Waals surface area contributed by atoms with E-state index in [9.17, 15) is 0 Å². The van der Waals surface area contributed by atoms with Crippen molar-refractivity contribution >= 4 is 6.21 Å². The van der Waals surface area contributed by atoms with Gasteiger partial charge in [-0.1, -0.05) is 5.16 Å². The first-order chi connectivity index (χ1) is 5.24. The van der Waals surface area contributed by atoms with Gasteiger partial charge in [0.25, 0.3) is 0 Å². The summed E-state index contributed by atoms with van der Waals surface area (Å²) in [5, 5.41) is 11.0. The van der Waals surface area contributed by atoms with E-state index in [1.165, 1.54) is 20.4 Å². The summed E-state index contributed by atoms with van der Waals surface area (Å²) < 4.78 is 9.75. The van der Waals surface area contributed by atoms with E-state index >= 15 is 0 Å². The van der Waals surface area contributed by atoms with Crippen molar-refractivity contribution in [1.29, 1.82) is 0 Å². The fraction of sp³-hybridized carbons (Fsp3) is 0.571. The van der Waals surface area contributed by atoms with Gasteiger partial charge in [-0.3, -0.25) is 0 Å². The lowest BCUT2D eigenvalue weighted by atomic mass is 10.3. The Morgan fingerprint density at radius 3 is 2.36 bits per heavy atom. The summed E-state index contributed by atoms with van der Waals surface area (Å²) in [6, 6.07) is 0. The number of hydrogen-bond donors (Lipinski definition) is 1. The van der Waals surface area contributed by atoms with Gasteiger partial charge in [-0.15, -0.1) is 0 Å². The van der Waals surface area contributed by atoms with E-state index in [1.54, 1.807) is 13.0 Å². The lowest BCUT2D eigenvalue weighted by molar-refractivity contribution is -0.0668. The minimum absolute atomic E-state index is 0.381. The Morgan fingerprint density at radius 1 is 1.45 bits per heavy atom. The van der Waals surface area contributed by atoms with Crippen LogP contribution in [0.25, 0.3) is 0 Å². The molecule has 1 N–H and O–H groups in total. The predicted octanol–water partition coefficient (Wildman–Crippen LogP) is 1.01. The zero-order valence-corrected chi connectivity index (χ0v) is 6.94. The van der Waals surface area contributed by atoms with Crippen molar-refractivity contribution < 1.29 is 14.7 Å². The highest BCUT2D eigenvalue weighted by molar-refractivity contribution is 5.76. The fourth-order valence-electron chi connectivity index (χ4n) is 0.581. The van der Waals surface area contributed by atoms with Crippen LogP contribution in [0, 0.1) is 0 Å². The van der Waals surface area contributed by atoms with Gasteiger partial charge in [0, 0.05) is 14.2 Å². The lowest BCUT2D eigenvalue weighted by Crippen LogP contribution is -2.09. The molecule has 0 aromatic rings. The van der Waals surface area contributed by atoms with Gasteiger partial charge < -0.3 is 14.7 Å². The van der Waals surface area contributed by atoms with Crippen LogP contribution < -0.4 is 0 Å². The van der Waals surface area contributed by atoms with Gasteiger partial charge in [-0.25, -0.2) is 0 Å². The molecule has 0 unspecified atom stereocenters. The second-order valence-corrected chi connectivity index (χ2v) is 2.00. The molecule has 4 nitrogen and oxygen atoms in total. The summed E-state index contributed by atoms with van der Waals surface area (Å²) in [4.78, 5) is 0. The Labute approximate surface area is 66.1 Å². The largest absolute Gasteiger partial charge is 0.411 e. The van der Waals surface area contributed by atoms with E-state index in [4.69, 9.17) is 14.7 Å². The number of ether oxygens (including phenoxy) is 2. The number of nitrogens with zero attached hydrogens (tertiary/aromatic N) is 1. The molecule has 0 saturated heterocycles. The first kappa shape index (κ1) is 10.1. The molecule has 64 valence electrons. The first-order valence-electron chi connectivity index (χ1n) is 3.16. The normalized spacial score (nSPS) is 13.3. The van der Waals surface area contributed by atoms with Crippen molar-refractivity contribution in [2.24, 2.45) is 5.16 Å². The maximum Gasteiger partial charge on any atom is 0.176 e. The van der Waals surface area contributed by atoms with E-state index in [0.717, 1.165) is 5.57 Å². The van der Waals surface area contributed by atoms with E-state index < -0.39 is 0 Å². The van der Waals surface area contributed by atoms with Crippen LogP contribution in [0.4, 0.5) is 0 Å². The van der Waals surface area contributed by atoms with Gasteiger partial charge in [0.15, 0.2) is 6.29 Å². The van der Waals surface area contributed by atoms with Crippen LogP contribution in [0.2, 0.25) is 0 Å². The maximum atomic E-state index is 8.14. The molecular weight excluding hydrogens is 146 g/mol. The summed E-state index contributed by atoms with van der Waals surface area (Å²) in [6.45, 7) is 1.78. The van der Waals surface area contributed by atoms with Crippen LogP contribution in [0.1, 0.15) is 6.92 Å². The number of allylic oxidation sites excluding steroid dienone is 1. The van der Waals surface area contributed by atoms with E-state index in [-0.39, 0.29) is 6.29 Å². The highest BCUT2D eigenvalue weighted by Crippen LogP contribution is 1.97. The van der Waals surface area contributed by atoms with Gasteiger partial charge in [-0.2, -0.15) is 0 Å². The third kappa shape index (κ3) is 4.52. The van der Waals surface area contributed by atoms with Crippen molar-refractivity contribution in [2.45, 2.75) is 13.2 Å². The average molecular weight is 159 g/mol. The second kappa shape index (κ2) is 5.88. The molecule has 0 heterocycles. The predicted molar refractivity (Wildman–Crippen MR) is 41.8 cm³/mol. The summed E-state index contributed by atoms with van der Waals surface area (Å²) in [5.41, 5.74) is 0.779. The molecule has 0 atom stereocenters. The van der Waals surface area contributed by atoms with Gasteiger partial charge in [0.1, 0.15) is 0 Å². The number of oxime groups is 1. The average Bonchev–Trinajstić information content (AvgIpc) is 2.01. The minimum Gasteiger partial charge on any atom is -0.411 e. The minimum atomic E-state index is -0.381. The highest BCUT2D eigenvalue weighted by Gasteiger charge is 1.98. The Morgan fingerprint density at radius 2 is 2.00 bits per heavy atom. The number of hydrogen-bond acceptors (Lipinski definition) is 4. The number of methoxy groups -OCH3 is 2. The molecule has 0 amide bonds. The molecule has 0 aliphatic carbocycles. The molecule has 0 saturated carbocycles. The monoisotopic (exact) mass is 159 g/mol. The molecule has 0 aliphatic rings. The van der Waals surface area contributed by atoms with Crippen LogP contribution >= 0.6 is 0 Å². The Kier molecular flexibility index (Phi) is 5.42. The maximum absolute atomic E-state index is 8.14. The lowest BCUT2D eigenvalue weighted by Gasteiger charge is -2.07. The quantitative estimate of drug-likeness (QED) is 0.288. The Bertz CT molecular complexity index is 150. The summed E-state index contributed by atoms with van der Waals surface area (Å²) in [5.74, 6) is 0. The highest BCUT2D eigenvalue weighted by atomic mass is 16.7. The third-order valence-corrected chi connectivity index (χ3v) is 1.12. The van der Waals surface area contributed by atoms with Crippen LogP contribution in [0.5, 0.6) is 0 Å². The van der Waals surface area contributed by atoms with Crippen molar-refractivity contribution in [3.8, 4) is 0 Å². The molecule has 0 spiro atoms.